The second-order valence-corrected chi connectivity index (χ2v) is 6.24. The van der Waals surface area contributed by atoms with Gasteiger partial charge in [-0.3, -0.25) is 4.79 Å². The Bertz CT molecular complexity index is 455. The summed E-state index contributed by atoms with van der Waals surface area (Å²) in [6.07, 6.45) is 2.38. The van der Waals surface area contributed by atoms with Crippen LogP contribution < -0.4 is 10.6 Å². The number of nitrogens with one attached hydrogen (secondary N) is 2. The molecule has 2 unspecified atom stereocenters. The summed E-state index contributed by atoms with van der Waals surface area (Å²) in [6.45, 7) is 6.16. The fourth-order valence-electron chi connectivity index (χ4n) is 2.55. The molecule has 0 spiro atoms. The summed E-state index contributed by atoms with van der Waals surface area (Å²) >= 11 is 3.42. The predicted molar refractivity (Wildman–Crippen MR) is 81.4 cm³/mol. The first kappa shape index (κ1) is 14.5. The number of benzene rings is 1. The van der Waals surface area contributed by atoms with Crippen molar-refractivity contribution in [3.63, 3.8) is 0 Å². The average Bonchev–Trinajstić information content (AvgIpc) is 2.42. The van der Waals surface area contributed by atoms with E-state index in [4.69, 9.17) is 0 Å². The Balaban J connectivity index is 2.01. The molecule has 104 valence electrons. The SMILES string of the molecule is Cc1ccc(Br)cc1C(=O)NC(C)C1CCCNC1. The Labute approximate surface area is 123 Å². The number of aryl methyl sites for hydroxylation is 1. The van der Waals surface area contributed by atoms with Crippen LogP contribution in [0.15, 0.2) is 22.7 Å². The maximum Gasteiger partial charge on any atom is 0.251 e. The first-order valence-electron chi connectivity index (χ1n) is 6.85. The molecular formula is C15H21BrN2O. The monoisotopic (exact) mass is 324 g/mol. The molecule has 1 aliphatic heterocycles. The highest BCUT2D eigenvalue weighted by atomic mass is 79.9. The summed E-state index contributed by atoms with van der Waals surface area (Å²) in [7, 11) is 0. The van der Waals surface area contributed by atoms with Gasteiger partial charge in [0.05, 0.1) is 0 Å². The van der Waals surface area contributed by atoms with E-state index in [1.165, 1.54) is 12.8 Å². The topological polar surface area (TPSA) is 41.1 Å². The van der Waals surface area contributed by atoms with Gasteiger partial charge >= 0.3 is 0 Å². The molecule has 1 fully saturated rings. The normalized spacial score (nSPS) is 20.9. The summed E-state index contributed by atoms with van der Waals surface area (Å²) < 4.78 is 0.940. The summed E-state index contributed by atoms with van der Waals surface area (Å²) in [4.78, 5) is 12.3. The predicted octanol–water partition coefficient (Wildman–Crippen LogP) is 2.88. The minimum absolute atomic E-state index is 0.0249. The maximum atomic E-state index is 12.3. The average molecular weight is 325 g/mol. The van der Waals surface area contributed by atoms with Gasteiger partial charge in [0.2, 0.25) is 0 Å². The van der Waals surface area contributed by atoms with Crippen molar-refractivity contribution < 1.29 is 4.79 Å². The molecule has 1 aromatic carbocycles. The van der Waals surface area contributed by atoms with Crippen LogP contribution in [-0.4, -0.2) is 25.0 Å². The van der Waals surface area contributed by atoms with Gasteiger partial charge in [-0.1, -0.05) is 22.0 Å². The number of carbonyl (C=O) groups is 1. The van der Waals surface area contributed by atoms with E-state index < -0.39 is 0 Å². The van der Waals surface area contributed by atoms with E-state index in [-0.39, 0.29) is 11.9 Å². The highest BCUT2D eigenvalue weighted by molar-refractivity contribution is 9.10. The molecule has 1 aromatic rings. The molecule has 1 heterocycles. The Hall–Kier alpha value is -0.870. The van der Waals surface area contributed by atoms with Crippen LogP contribution >= 0.6 is 15.9 Å². The number of hydrogen-bond acceptors (Lipinski definition) is 2. The molecule has 0 saturated carbocycles. The van der Waals surface area contributed by atoms with Crippen LogP contribution in [-0.2, 0) is 0 Å². The maximum absolute atomic E-state index is 12.3. The lowest BCUT2D eigenvalue weighted by molar-refractivity contribution is 0.0921. The van der Waals surface area contributed by atoms with Gasteiger partial charge in [0.1, 0.15) is 0 Å². The Kier molecular flexibility index (Phi) is 4.99. The molecule has 0 bridgehead atoms. The number of hydrogen-bond donors (Lipinski definition) is 2. The first-order chi connectivity index (χ1) is 9.08. The van der Waals surface area contributed by atoms with E-state index >= 15 is 0 Å². The Morgan fingerprint density at radius 3 is 3.00 bits per heavy atom. The smallest absolute Gasteiger partial charge is 0.251 e. The molecule has 2 atom stereocenters. The highest BCUT2D eigenvalue weighted by Crippen LogP contribution is 2.18. The molecule has 4 heteroatoms. The molecular weight excluding hydrogens is 304 g/mol. The van der Waals surface area contributed by atoms with E-state index in [2.05, 4.69) is 33.5 Å². The molecule has 0 radical (unpaired) electrons. The number of halogens is 1. The van der Waals surface area contributed by atoms with E-state index in [9.17, 15) is 4.79 Å². The molecule has 1 saturated heterocycles. The Morgan fingerprint density at radius 1 is 1.53 bits per heavy atom. The van der Waals surface area contributed by atoms with Crippen molar-refractivity contribution in [3.8, 4) is 0 Å². The standard InChI is InChI=1S/C15H21BrN2O/c1-10-5-6-13(16)8-14(10)15(19)18-11(2)12-4-3-7-17-9-12/h5-6,8,11-12,17H,3-4,7,9H2,1-2H3,(H,18,19). The second-order valence-electron chi connectivity index (χ2n) is 5.33. The lowest BCUT2D eigenvalue weighted by Crippen LogP contribution is -2.44. The highest BCUT2D eigenvalue weighted by Gasteiger charge is 2.22. The third-order valence-corrected chi connectivity index (χ3v) is 4.34. The van der Waals surface area contributed by atoms with Crippen LogP contribution in [0.3, 0.4) is 0 Å². The second kappa shape index (κ2) is 6.53. The van der Waals surface area contributed by atoms with E-state index in [0.29, 0.717) is 5.92 Å². The van der Waals surface area contributed by atoms with Crippen molar-refractivity contribution in [3.05, 3.63) is 33.8 Å². The van der Waals surface area contributed by atoms with Crippen molar-refractivity contribution in [2.45, 2.75) is 32.7 Å². The van der Waals surface area contributed by atoms with Crippen LogP contribution in [0.2, 0.25) is 0 Å². The fourth-order valence-corrected chi connectivity index (χ4v) is 2.91. The van der Waals surface area contributed by atoms with Crippen molar-refractivity contribution in [1.29, 1.82) is 0 Å². The van der Waals surface area contributed by atoms with Crippen molar-refractivity contribution >= 4 is 21.8 Å². The number of amides is 1. The molecule has 0 aromatic heterocycles. The summed E-state index contributed by atoms with van der Waals surface area (Å²) in [5.41, 5.74) is 1.76. The molecule has 2 rings (SSSR count). The van der Waals surface area contributed by atoms with Crippen LogP contribution in [0.25, 0.3) is 0 Å². The van der Waals surface area contributed by atoms with Gasteiger partial charge in [-0.2, -0.15) is 0 Å². The quantitative estimate of drug-likeness (QED) is 0.897. The number of carbonyl (C=O) groups excluding carboxylic acids is 1. The largest absolute Gasteiger partial charge is 0.349 e. The van der Waals surface area contributed by atoms with Crippen LogP contribution in [0, 0.1) is 12.8 Å². The van der Waals surface area contributed by atoms with E-state index in [1.54, 1.807) is 0 Å². The summed E-state index contributed by atoms with van der Waals surface area (Å²) in [5.74, 6) is 0.557. The zero-order valence-corrected chi connectivity index (χ0v) is 13.1. The number of piperidine rings is 1. The van der Waals surface area contributed by atoms with Crippen LogP contribution in [0.5, 0.6) is 0 Å². The summed E-state index contributed by atoms with van der Waals surface area (Å²) in [5, 5.41) is 6.52. The van der Waals surface area contributed by atoms with Gasteiger partial charge in [0, 0.05) is 16.1 Å². The van der Waals surface area contributed by atoms with Crippen molar-refractivity contribution in [1.82, 2.24) is 10.6 Å². The molecule has 2 N–H and O–H groups in total. The van der Waals surface area contributed by atoms with Gasteiger partial charge in [-0.25, -0.2) is 0 Å². The zero-order valence-electron chi connectivity index (χ0n) is 11.5. The van der Waals surface area contributed by atoms with Gasteiger partial charge in [0.15, 0.2) is 0 Å². The minimum Gasteiger partial charge on any atom is -0.349 e. The third-order valence-electron chi connectivity index (χ3n) is 3.85. The zero-order chi connectivity index (χ0) is 13.8. The lowest BCUT2D eigenvalue weighted by Gasteiger charge is -2.29. The van der Waals surface area contributed by atoms with Gasteiger partial charge in [0.25, 0.3) is 5.91 Å². The molecule has 1 aliphatic rings. The third kappa shape index (κ3) is 3.80. The molecule has 19 heavy (non-hydrogen) atoms. The lowest BCUT2D eigenvalue weighted by atomic mass is 9.92. The molecule has 0 aliphatic carbocycles. The first-order valence-corrected chi connectivity index (χ1v) is 7.65. The summed E-state index contributed by atoms with van der Waals surface area (Å²) in [6, 6.07) is 6.02. The van der Waals surface area contributed by atoms with Crippen LogP contribution in [0.1, 0.15) is 35.7 Å². The minimum atomic E-state index is 0.0249. The van der Waals surface area contributed by atoms with Gasteiger partial charge in [-0.05, 0) is 63.4 Å². The van der Waals surface area contributed by atoms with E-state index in [1.807, 2.05) is 25.1 Å². The van der Waals surface area contributed by atoms with Crippen LogP contribution in [0.4, 0.5) is 0 Å². The van der Waals surface area contributed by atoms with Gasteiger partial charge in [-0.15, -0.1) is 0 Å². The van der Waals surface area contributed by atoms with Crippen molar-refractivity contribution in [2.75, 3.05) is 13.1 Å². The number of rotatable bonds is 3. The van der Waals surface area contributed by atoms with Crippen molar-refractivity contribution in [2.24, 2.45) is 5.92 Å². The fraction of sp³-hybridized carbons (Fsp3) is 0.533. The molecule has 1 amide bonds. The van der Waals surface area contributed by atoms with E-state index in [0.717, 1.165) is 28.7 Å². The van der Waals surface area contributed by atoms with Gasteiger partial charge < -0.3 is 10.6 Å². The Morgan fingerprint density at radius 2 is 2.32 bits per heavy atom. The molecule has 3 nitrogen and oxygen atoms in total.